The van der Waals surface area contributed by atoms with Crippen molar-refractivity contribution in [3.63, 3.8) is 0 Å². The molecule has 26 heavy (non-hydrogen) atoms. The van der Waals surface area contributed by atoms with Crippen LogP contribution in [0.25, 0.3) is 0 Å². The Bertz CT molecular complexity index is 719. The van der Waals surface area contributed by atoms with Crippen molar-refractivity contribution in [3.05, 3.63) is 34.5 Å². The molecule has 0 radical (unpaired) electrons. The molecular formula is C18H26N6OS. The molecule has 0 saturated carbocycles. The van der Waals surface area contributed by atoms with Gasteiger partial charge in [-0.3, -0.25) is 0 Å². The molecule has 0 aromatic carbocycles. The summed E-state index contributed by atoms with van der Waals surface area (Å²) >= 11 is 1.67. The third-order valence-corrected chi connectivity index (χ3v) is 5.25. The van der Waals surface area contributed by atoms with Gasteiger partial charge < -0.3 is 15.1 Å². The summed E-state index contributed by atoms with van der Waals surface area (Å²) in [7, 11) is 0. The Morgan fingerprint density at radius 2 is 1.88 bits per heavy atom. The van der Waals surface area contributed by atoms with E-state index in [0.29, 0.717) is 19.6 Å². The highest BCUT2D eigenvalue weighted by Gasteiger charge is 2.22. The summed E-state index contributed by atoms with van der Waals surface area (Å²) < 4.78 is 0. The number of amides is 2. The van der Waals surface area contributed by atoms with Crippen molar-refractivity contribution in [3.8, 4) is 0 Å². The van der Waals surface area contributed by atoms with E-state index in [2.05, 4.69) is 51.3 Å². The lowest BCUT2D eigenvalue weighted by Gasteiger charge is -2.34. The Morgan fingerprint density at radius 1 is 1.19 bits per heavy atom. The Labute approximate surface area is 158 Å². The Kier molecular flexibility index (Phi) is 5.70. The minimum Gasteiger partial charge on any atom is -0.338 e. The van der Waals surface area contributed by atoms with Gasteiger partial charge in [-0.2, -0.15) is 0 Å². The average molecular weight is 375 g/mol. The number of anilines is 1. The zero-order chi connectivity index (χ0) is 18.6. The standard InChI is InChI=1S/C18H26N6OS/c1-18(2,3)14-13-26-15(22-14)5-8-21-17(25)24-11-9-23(10-12-24)16-19-6-4-7-20-16/h4,6-7,13H,5,8-12H2,1-3H3,(H,21,25). The molecule has 0 aliphatic carbocycles. The molecule has 2 aromatic rings. The van der Waals surface area contributed by atoms with E-state index in [1.807, 2.05) is 4.90 Å². The highest BCUT2D eigenvalue weighted by Crippen LogP contribution is 2.23. The lowest BCUT2D eigenvalue weighted by molar-refractivity contribution is 0.194. The molecular weight excluding hydrogens is 348 g/mol. The maximum atomic E-state index is 12.3. The van der Waals surface area contributed by atoms with Gasteiger partial charge in [0.2, 0.25) is 5.95 Å². The molecule has 2 amide bonds. The monoisotopic (exact) mass is 374 g/mol. The van der Waals surface area contributed by atoms with Crippen LogP contribution in [0.4, 0.5) is 10.7 Å². The second kappa shape index (κ2) is 7.99. The van der Waals surface area contributed by atoms with Gasteiger partial charge in [-0.25, -0.2) is 19.7 Å². The fourth-order valence-corrected chi connectivity index (χ4v) is 3.75. The second-order valence-electron chi connectivity index (χ2n) is 7.38. The van der Waals surface area contributed by atoms with Crippen molar-refractivity contribution >= 4 is 23.3 Å². The Hall–Kier alpha value is -2.22. The Morgan fingerprint density at radius 3 is 2.50 bits per heavy atom. The molecule has 3 rings (SSSR count). The van der Waals surface area contributed by atoms with Crippen molar-refractivity contribution in [1.82, 2.24) is 25.2 Å². The number of rotatable bonds is 4. The zero-order valence-electron chi connectivity index (χ0n) is 15.6. The average Bonchev–Trinajstić information content (AvgIpc) is 3.12. The summed E-state index contributed by atoms with van der Waals surface area (Å²) in [5, 5.41) is 6.19. The van der Waals surface area contributed by atoms with Gasteiger partial charge in [-0.05, 0) is 6.07 Å². The number of carbonyl (C=O) groups excluding carboxylic acids is 1. The molecule has 0 bridgehead atoms. The van der Waals surface area contributed by atoms with E-state index >= 15 is 0 Å². The summed E-state index contributed by atoms with van der Waals surface area (Å²) in [4.78, 5) is 29.5. The highest BCUT2D eigenvalue weighted by atomic mass is 32.1. The molecule has 8 heteroatoms. The number of hydrogen-bond acceptors (Lipinski definition) is 6. The maximum Gasteiger partial charge on any atom is 0.317 e. The molecule has 0 spiro atoms. The Balaban J connectivity index is 1.41. The van der Waals surface area contributed by atoms with Crippen LogP contribution in [0, 0.1) is 0 Å². The van der Waals surface area contributed by atoms with E-state index < -0.39 is 0 Å². The van der Waals surface area contributed by atoms with Gasteiger partial charge >= 0.3 is 6.03 Å². The molecule has 1 fully saturated rings. The number of piperazine rings is 1. The van der Waals surface area contributed by atoms with Gasteiger partial charge in [-0.1, -0.05) is 20.8 Å². The van der Waals surface area contributed by atoms with E-state index in [9.17, 15) is 4.79 Å². The second-order valence-corrected chi connectivity index (χ2v) is 8.32. The largest absolute Gasteiger partial charge is 0.338 e. The minimum absolute atomic E-state index is 0.00812. The number of nitrogens with zero attached hydrogens (tertiary/aromatic N) is 5. The molecule has 2 aromatic heterocycles. The molecule has 1 saturated heterocycles. The molecule has 1 aliphatic rings. The van der Waals surface area contributed by atoms with E-state index in [1.165, 1.54) is 0 Å². The lowest BCUT2D eigenvalue weighted by Crippen LogP contribution is -2.52. The molecule has 1 N–H and O–H groups in total. The van der Waals surface area contributed by atoms with Crippen LogP contribution in [0.5, 0.6) is 0 Å². The van der Waals surface area contributed by atoms with Gasteiger partial charge in [0.05, 0.1) is 10.7 Å². The molecule has 140 valence electrons. The summed E-state index contributed by atoms with van der Waals surface area (Å²) in [6, 6.07) is 1.80. The van der Waals surface area contributed by atoms with Crippen molar-refractivity contribution < 1.29 is 4.79 Å². The SMILES string of the molecule is CC(C)(C)c1csc(CCNC(=O)N2CCN(c3ncccn3)CC2)n1. The lowest BCUT2D eigenvalue weighted by atomic mass is 9.93. The van der Waals surface area contributed by atoms with Crippen molar-refractivity contribution in [2.75, 3.05) is 37.6 Å². The number of thiazole rings is 1. The van der Waals surface area contributed by atoms with Crippen molar-refractivity contribution in [1.29, 1.82) is 0 Å². The molecule has 3 heterocycles. The smallest absolute Gasteiger partial charge is 0.317 e. The molecule has 1 aliphatic heterocycles. The molecule has 0 unspecified atom stereocenters. The molecule has 7 nitrogen and oxygen atoms in total. The topological polar surface area (TPSA) is 74.2 Å². The summed E-state index contributed by atoms with van der Waals surface area (Å²) in [5.74, 6) is 0.728. The normalized spacial score (nSPS) is 15.2. The first-order chi connectivity index (χ1) is 12.4. The summed E-state index contributed by atoms with van der Waals surface area (Å²) in [5.41, 5.74) is 1.18. The first-order valence-corrected chi connectivity index (χ1v) is 9.81. The van der Waals surface area contributed by atoms with Crippen LogP contribution in [-0.4, -0.2) is 58.6 Å². The number of carbonyl (C=O) groups is 1. The zero-order valence-corrected chi connectivity index (χ0v) is 16.4. The summed E-state index contributed by atoms with van der Waals surface area (Å²) in [6.45, 7) is 9.94. The first-order valence-electron chi connectivity index (χ1n) is 8.93. The van der Waals surface area contributed by atoms with E-state index in [4.69, 9.17) is 0 Å². The predicted molar refractivity (Wildman–Crippen MR) is 104 cm³/mol. The highest BCUT2D eigenvalue weighted by molar-refractivity contribution is 7.09. The molecule has 0 atom stereocenters. The van der Waals surface area contributed by atoms with E-state index in [1.54, 1.807) is 29.8 Å². The van der Waals surface area contributed by atoms with Crippen LogP contribution in [0.15, 0.2) is 23.8 Å². The minimum atomic E-state index is -0.00812. The number of hydrogen-bond donors (Lipinski definition) is 1. The van der Waals surface area contributed by atoms with Crippen molar-refractivity contribution in [2.45, 2.75) is 32.6 Å². The van der Waals surface area contributed by atoms with Crippen LogP contribution in [-0.2, 0) is 11.8 Å². The fourth-order valence-electron chi connectivity index (χ4n) is 2.72. The number of aromatic nitrogens is 3. The van der Waals surface area contributed by atoms with E-state index in [0.717, 1.165) is 36.2 Å². The number of nitrogens with one attached hydrogen (secondary N) is 1. The van der Waals surface area contributed by atoms with Gasteiger partial charge in [0, 0.05) is 62.3 Å². The van der Waals surface area contributed by atoms with Crippen LogP contribution < -0.4 is 10.2 Å². The fraction of sp³-hybridized carbons (Fsp3) is 0.556. The van der Waals surface area contributed by atoms with Gasteiger partial charge in [-0.15, -0.1) is 11.3 Å². The van der Waals surface area contributed by atoms with Gasteiger partial charge in [0.15, 0.2) is 0 Å². The number of urea groups is 1. The predicted octanol–water partition coefficient (Wildman–Crippen LogP) is 2.30. The van der Waals surface area contributed by atoms with Gasteiger partial charge in [0.1, 0.15) is 0 Å². The quantitative estimate of drug-likeness (QED) is 0.889. The van der Waals surface area contributed by atoms with Crippen LogP contribution >= 0.6 is 11.3 Å². The van der Waals surface area contributed by atoms with Crippen molar-refractivity contribution in [2.24, 2.45) is 0 Å². The van der Waals surface area contributed by atoms with E-state index in [-0.39, 0.29) is 11.4 Å². The summed E-state index contributed by atoms with van der Waals surface area (Å²) in [6.07, 6.45) is 4.25. The maximum absolute atomic E-state index is 12.3. The third kappa shape index (κ3) is 4.69. The third-order valence-electron chi connectivity index (χ3n) is 4.34. The van der Waals surface area contributed by atoms with Crippen LogP contribution in [0.3, 0.4) is 0 Å². The van der Waals surface area contributed by atoms with Crippen LogP contribution in [0.2, 0.25) is 0 Å². The van der Waals surface area contributed by atoms with Gasteiger partial charge in [0.25, 0.3) is 0 Å². The first kappa shape index (κ1) is 18.6. The van der Waals surface area contributed by atoms with Crippen LogP contribution in [0.1, 0.15) is 31.5 Å².